The van der Waals surface area contributed by atoms with Gasteiger partial charge < -0.3 is 0 Å². The fourth-order valence-corrected chi connectivity index (χ4v) is 0.513. The van der Waals surface area contributed by atoms with Gasteiger partial charge in [-0.2, -0.15) is 0 Å². The molecule has 0 amide bonds. The highest BCUT2D eigenvalue weighted by Gasteiger charge is 1.89. The summed E-state index contributed by atoms with van der Waals surface area (Å²) in [5, 5.41) is 0. The monoisotopic (exact) mass is 108 g/mol. The zero-order chi connectivity index (χ0) is 6.41. The summed E-state index contributed by atoms with van der Waals surface area (Å²) in [6, 6.07) is 0. The maximum absolute atomic E-state index is 3.65. The number of hydrogen-bond donors (Lipinski definition) is 0. The lowest BCUT2D eigenvalue weighted by Gasteiger charge is -1.94. The second-order valence-electron chi connectivity index (χ2n) is 1.64. The van der Waals surface area contributed by atoms with Gasteiger partial charge in [0.05, 0.1) is 0 Å². The van der Waals surface area contributed by atoms with Gasteiger partial charge in [-0.05, 0) is 13.3 Å². The molecule has 0 aliphatic carbocycles. The Morgan fingerprint density at radius 2 is 2.38 bits per heavy atom. The highest BCUT2D eigenvalue weighted by Crippen LogP contribution is 1.99. The lowest BCUT2D eigenvalue weighted by atomic mass is 10.1. The number of allylic oxidation sites excluding steroid dienone is 1. The Hall–Kier alpha value is -0.700. The summed E-state index contributed by atoms with van der Waals surface area (Å²) < 4.78 is 0. The van der Waals surface area contributed by atoms with Crippen molar-refractivity contribution in [3.63, 3.8) is 0 Å². The van der Waals surface area contributed by atoms with Crippen LogP contribution >= 0.6 is 0 Å². The Morgan fingerprint density at radius 3 is 2.50 bits per heavy atom. The first-order valence-corrected chi connectivity index (χ1v) is 2.90. The van der Waals surface area contributed by atoms with E-state index in [1.54, 1.807) is 0 Å². The van der Waals surface area contributed by atoms with Crippen molar-refractivity contribution >= 4 is 0 Å². The molecule has 0 aliphatic heterocycles. The molecule has 0 heteroatoms. The molecule has 0 aliphatic rings. The van der Waals surface area contributed by atoms with Crippen LogP contribution in [0, 0.1) is 17.8 Å². The molecule has 0 heterocycles. The molecular formula is C8H12. The van der Waals surface area contributed by atoms with Crippen molar-refractivity contribution in [1.82, 2.24) is 0 Å². The van der Waals surface area contributed by atoms with Gasteiger partial charge in [0.1, 0.15) is 0 Å². The van der Waals surface area contributed by atoms with Crippen LogP contribution in [-0.2, 0) is 0 Å². The highest BCUT2D eigenvalue weighted by atomic mass is 13.9. The van der Waals surface area contributed by atoms with Crippen molar-refractivity contribution in [2.75, 3.05) is 0 Å². The molecule has 0 aromatic carbocycles. The molecule has 1 unspecified atom stereocenters. The Morgan fingerprint density at radius 1 is 1.75 bits per heavy atom. The van der Waals surface area contributed by atoms with Crippen LogP contribution in [0.2, 0.25) is 0 Å². The molecule has 1 atom stereocenters. The van der Waals surface area contributed by atoms with Crippen molar-refractivity contribution < 1.29 is 0 Å². The van der Waals surface area contributed by atoms with Crippen molar-refractivity contribution in [3.05, 3.63) is 12.7 Å². The molecule has 44 valence electrons. The third kappa shape index (κ3) is 2.47. The Kier molecular flexibility index (Phi) is 4.07. The van der Waals surface area contributed by atoms with Crippen LogP contribution in [0.5, 0.6) is 0 Å². The second kappa shape index (κ2) is 4.46. The fraction of sp³-hybridized carbons (Fsp3) is 0.500. The topological polar surface area (TPSA) is 0 Å². The minimum atomic E-state index is 0.403. The molecular weight excluding hydrogens is 96.1 g/mol. The Balaban J connectivity index is 3.64. The summed E-state index contributed by atoms with van der Waals surface area (Å²) in [7, 11) is 0. The van der Waals surface area contributed by atoms with E-state index in [0.29, 0.717) is 5.92 Å². The SMILES string of the molecule is C=CC(C#CC)CC. The largest absolute Gasteiger partial charge is 0.106 e. The maximum Gasteiger partial charge on any atom is 0.0377 e. The molecule has 0 fully saturated rings. The summed E-state index contributed by atoms with van der Waals surface area (Å²) >= 11 is 0. The standard InChI is InChI=1S/C8H12/c1-4-7-8(5-2)6-3/h5,8H,2,6H2,1,3H3. The van der Waals surface area contributed by atoms with Gasteiger partial charge in [-0.1, -0.05) is 18.9 Å². The van der Waals surface area contributed by atoms with Crippen LogP contribution in [0.25, 0.3) is 0 Å². The minimum Gasteiger partial charge on any atom is -0.106 e. The molecule has 0 rings (SSSR count). The third-order valence-corrected chi connectivity index (χ3v) is 1.05. The lowest BCUT2D eigenvalue weighted by molar-refractivity contribution is 0.802. The number of rotatable bonds is 2. The van der Waals surface area contributed by atoms with Gasteiger partial charge in [0.2, 0.25) is 0 Å². The van der Waals surface area contributed by atoms with Crippen molar-refractivity contribution in [3.8, 4) is 11.8 Å². The van der Waals surface area contributed by atoms with Crippen LogP contribution < -0.4 is 0 Å². The molecule has 0 aromatic heterocycles. The predicted octanol–water partition coefficient (Wildman–Crippen LogP) is 2.22. The van der Waals surface area contributed by atoms with Crippen LogP contribution in [-0.4, -0.2) is 0 Å². The zero-order valence-electron chi connectivity index (χ0n) is 5.57. The Bertz CT molecular complexity index is 112. The molecule has 8 heavy (non-hydrogen) atoms. The average molecular weight is 108 g/mol. The van der Waals surface area contributed by atoms with Crippen LogP contribution in [0.1, 0.15) is 20.3 Å². The van der Waals surface area contributed by atoms with Crippen molar-refractivity contribution in [2.45, 2.75) is 20.3 Å². The van der Waals surface area contributed by atoms with Gasteiger partial charge >= 0.3 is 0 Å². The van der Waals surface area contributed by atoms with Crippen LogP contribution in [0.15, 0.2) is 12.7 Å². The summed E-state index contributed by atoms with van der Waals surface area (Å²) in [5.74, 6) is 6.27. The van der Waals surface area contributed by atoms with Gasteiger partial charge in [-0.15, -0.1) is 12.5 Å². The predicted molar refractivity (Wildman–Crippen MR) is 37.4 cm³/mol. The molecule has 0 N–H and O–H groups in total. The van der Waals surface area contributed by atoms with Crippen molar-refractivity contribution in [1.29, 1.82) is 0 Å². The van der Waals surface area contributed by atoms with E-state index in [-0.39, 0.29) is 0 Å². The normalized spacial score (nSPS) is 11.2. The summed E-state index contributed by atoms with van der Waals surface area (Å²) in [5.41, 5.74) is 0. The molecule has 0 radical (unpaired) electrons. The zero-order valence-corrected chi connectivity index (χ0v) is 5.57. The van der Waals surface area contributed by atoms with E-state index in [0.717, 1.165) is 6.42 Å². The van der Waals surface area contributed by atoms with Gasteiger partial charge in [0.25, 0.3) is 0 Å². The van der Waals surface area contributed by atoms with E-state index in [1.165, 1.54) is 0 Å². The average Bonchev–Trinajstić information content (AvgIpc) is 1.83. The van der Waals surface area contributed by atoms with Crippen molar-refractivity contribution in [2.24, 2.45) is 5.92 Å². The molecule has 0 aromatic rings. The molecule has 0 saturated heterocycles. The molecule has 0 spiro atoms. The molecule has 0 nitrogen and oxygen atoms in total. The summed E-state index contributed by atoms with van der Waals surface area (Å²) in [6.45, 7) is 7.61. The third-order valence-electron chi connectivity index (χ3n) is 1.05. The quantitative estimate of drug-likeness (QED) is 0.376. The van der Waals surface area contributed by atoms with Gasteiger partial charge in [-0.3, -0.25) is 0 Å². The van der Waals surface area contributed by atoms with Crippen LogP contribution in [0.4, 0.5) is 0 Å². The van der Waals surface area contributed by atoms with E-state index >= 15 is 0 Å². The first-order valence-electron chi connectivity index (χ1n) is 2.90. The maximum atomic E-state index is 3.65. The van der Waals surface area contributed by atoms with Gasteiger partial charge in [0.15, 0.2) is 0 Å². The smallest absolute Gasteiger partial charge is 0.0377 e. The van der Waals surface area contributed by atoms with E-state index < -0.39 is 0 Å². The lowest BCUT2D eigenvalue weighted by Crippen LogP contribution is -1.85. The number of hydrogen-bond acceptors (Lipinski definition) is 0. The van der Waals surface area contributed by atoms with Crippen LogP contribution in [0.3, 0.4) is 0 Å². The molecule has 0 saturated carbocycles. The van der Waals surface area contributed by atoms with E-state index in [2.05, 4.69) is 25.3 Å². The first-order chi connectivity index (χ1) is 3.85. The first kappa shape index (κ1) is 7.30. The van der Waals surface area contributed by atoms with Gasteiger partial charge in [0, 0.05) is 5.92 Å². The fourth-order valence-electron chi connectivity index (χ4n) is 0.513. The summed E-state index contributed by atoms with van der Waals surface area (Å²) in [6.07, 6.45) is 2.96. The van der Waals surface area contributed by atoms with E-state index in [9.17, 15) is 0 Å². The van der Waals surface area contributed by atoms with E-state index in [4.69, 9.17) is 0 Å². The summed E-state index contributed by atoms with van der Waals surface area (Å²) in [4.78, 5) is 0. The van der Waals surface area contributed by atoms with Gasteiger partial charge in [-0.25, -0.2) is 0 Å². The highest BCUT2D eigenvalue weighted by molar-refractivity contribution is 5.06. The molecule has 0 bridgehead atoms. The minimum absolute atomic E-state index is 0.403. The second-order valence-corrected chi connectivity index (χ2v) is 1.64. The van der Waals surface area contributed by atoms with E-state index in [1.807, 2.05) is 13.0 Å². The Labute approximate surface area is 51.6 Å².